The Morgan fingerprint density at radius 1 is 0.677 bits per heavy atom. The van der Waals surface area contributed by atoms with Crippen molar-refractivity contribution in [2.75, 3.05) is 0 Å². The van der Waals surface area contributed by atoms with Crippen molar-refractivity contribution in [3.63, 3.8) is 0 Å². The molecule has 0 saturated heterocycles. The summed E-state index contributed by atoms with van der Waals surface area (Å²) in [6.07, 6.45) is 17.3. The number of hydrogen-bond donors (Lipinski definition) is 0. The fourth-order valence-corrected chi connectivity index (χ4v) is 11.0. The van der Waals surface area contributed by atoms with Crippen molar-refractivity contribution in [3.8, 4) is 0 Å². The second-order valence-electron chi connectivity index (χ2n) is 15.7. The largest absolute Gasteiger partial charge is 0.0837 e. The van der Waals surface area contributed by atoms with Gasteiger partial charge in [0.2, 0.25) is 0 Å². The van der Waals surface area contributed by atoms with Crippen LogP contribution in [0.25, 0.3) is 0 Å². The fraction of sp³-hybridized carbons (Fsp3) is 0.935. The average molecular weight is 425 g/mol. The first-order chi connectivity index (χ1) is 14.2. The Hall–Kier alpha value is -0.260. The van der Waals surface area contributed by atoms with Gasteiger partial charge in [0.15, 0.2) is 0 Å². The van der Waals surface area contributed by atoms with Crippen LogP contribution in [0.15, 0.2) is 11.6 Å². The van der Waals surface area contributed by atoms with Crippen LogP contribution in [0.2, 0.25) is 0 Å². The lowest BCUT2D eigenvalue weighted by atomic mass is 9.34. The first-order valence-electron chi connectivity index (χ1n) is 13.9. The van der Waals surface area contributed by atoms with Crippen LogP contribution in [0.4, 0.5) is 0 Å². The fourth-order valence-electron chi connectivity index (χ4n) is 11.0. The van der Waals surface area contributed by atoms with E-state index in [-0.39, 0.29) is 0 Å². The summed E-state index contributed by atoms with van der Waals surface area (Å²) >= 11 is 0. The highest BCUT2D eigenvalue weighted by atomic mass is 14.7. The van der Waals surface area contributed by atoms with Gasteiger partial charge in [0.05, 0.1) is 0 Å². The van der Waals surface area contributed by atoms with Crippen molar-refractivity contribution in [2.24, 2.45) is 56.2 Å². The molecular weight excluding hydrogens is 372 g/mol. The molecule has 8 unspecified atom stereocenters. The maximum absolute atomic E-state index is 2.83. The molecule has 0 radical (unpaired) electrons. The number of fused-ring (bicyclic) bond motifs is 7. The quantitative estimate of drug-likeness (QED) is 0.340. The lowest BCUT2D eigenvalue weighted by molar-refractivity contribution is -0.167. The smallest absolute Gasteiger partial charge is 0.00770 e. The summed E-state index contributed by atoms with van der Waals surface area (Å²) in [4.78, 5) is 0. The van der Waals surface area contributed by atoms with Crippen LogP contribution in [0.1, 0.15) is 127 Å². The van der Waals surface area contributed by atoms with Crippen molar-refractivity contribution in [1.82, 2.24) is 0 Å². The first-order valence-corrected chi connectivity index (χ1v) is 13.9. The highest BCUT2D eigenvalue weighted by molar-refractivity contribution is 5.34. The van der Waals surface area contributed by atoms with Crippen molar-refractivity contribution in [1.29, 1.82) is 0 Å². The minimum absolute atomic E-state index is 0.441. The Balaban J connectivity index is 1.56. The third kappa shape index (κ3) is 2.84. The van der Waals surface area contributed by atoms with Gasteiger partial charge < -0.3 is 0 Å². The predicted octanol–water partition coefficient (Wildman–Crippen LogP) is 9.44. The maximum Gasteiger partial charge on any atom is -0.00770 e. The van der Waals surface area contributed by atoms with Crippen LogP contribution in [0.3, 0.4) is 0 Å². The van der Waals surface area contributed by atoms with Crippen LogP contribution in [0, 0.1) is 56.2 Å². The van der Waals surface area contributed by atoms with Crippen molar-refractivity contribution in [2.45, 2.75) is 127 Å². The molecule has 0 N–H and O–H groups in total. The summed E-state index contributed by atoms with van der Waals surface area (Å²) in [5.74, 6) is 3.57. The number of allylic oxidation sites excluding steroid dienone is 2. The van der Waals surface area contributed by atoms with E-state index in [0.29, 0.717) is 32.5 Å². The molecule has 0 nitrogen and oxygen atoms in total. The Bertz CT molecular complexity index is 784. The zero-order valence-electron chi connectivity index (χ0n) is 22.5. The molecule has 0 heterocycles. The number of hydrogen-bond acceptors (Lipinski definition) is 0. The van der Waals surface area contributed by atoms with E-state index in [1.165, 1.54) is 64.2 Å². The summed E-state index contributed by atoms with van der Waals surface area (Å²) in [5.41, 5.74) is 4.93. The van der Waals surface area contributed by atoms with Crippen molar-refractivity contribution < 1.29 is 0 Å². The standard InChI is InChI=1S/C31H52/c1-21-10-15-29(7)22(27(21,4)5)12-16-30(8)23-11-14-28(6)19-18-26(2,3)20-25(28)31(23,9)17-13-24(29)30/h11,21-22,24-25H,10,12-20H2,1-9H3. The van der Waals surface area contributed by atoms with Crippen LogP contribution in [-0.4, -0.2) is 0 Å². The van der Waals surface area contributed by atoms with Crippen molar-refractivity contribution in [3.05, 3.63) is 11.6 Å². The monoisotopic (exact) mass is 424 g/mol. The minimum Gasteiger partial charge on any atom is -0.0837 e. The molecule has 176 valence electrons. The summed E-state index contributed by atoms with van der Waals surface area (Å²) < 4.78 is 0. The molecule has 0 amide bonds. The highest BCUT2D eigenvalue weighted by Crippen LogP contribution is 2.75. The molecule has 0 spiro atoms. The van der Waals surface area contributed by atoms with Crippen LogP contribution >= 0.6 is 0 Å². The first kappa shape index (κ1) is 22.5. The van der Waals surface area contributed by atoms with Gasteiger partial charge in [-0.2, -0.15) is 0 Å². The van der Waals surface area contributed by atoms with Crippen LogP contribution < -0.4 is 0 Å². The van der Waals surface area contributed by atoms with E-state index in [0.717, 1.165) is 23.7 Å². The predicted molar refractivity (Wildman–Crippen MR) is 134 cm³/mol. The number of rotatable bonds is 0. The topological polar surface area (TPSA) is 0 Å². The van der Waals surface area contributed by atoms with Gasteiger partial charge in [0, 0.05) is 0 Å². The molecule has 5 aliphatic carbocycles. The Labute approximate surface area is 194 Å². The summed E-state index contributed by atoms with van der Waals surface area (Å²) in [5, 5.41) is 0. The zero-order valence-corrected chi connectivity index (χ0v) is 22.5. The SMILES string of the molecule is CC1CCC2(C)C3CCC4(C)C(=CCC5(C)CCC(C)(C)CC54)C3(C)CCC2C1(C)C. The Kier molecular flexibility index (Phi) is 4.68. The van der Waals surface area contributed by atoms with E-state index in [9.17, 15) is 0 Å². The van der Waals surface area contributed by atoms with Gasteiger partial charge >= 0.3 is 0 Å². The molecular formula is C31H52. The van der Waals surface area contributed by atoms with E-state index < -0.39 is 0 Å². The van der Waals surface area contributed by atoms with E-state index >= 15 is 0 Å². The molecule has 0 bridgehead atoms. The normalized spacial score (nSPS) is 55.2. The summed E-state index contributed by atoms with van der Waals surface area (Å²) in [7, 11) is 0. The van der Waals surface area contributed by atoms with E-state index in [2.05, 4.69) is 68.4 Å². The van der Waals surface area contributed by atoms with Gasteiger partial charge in [0.25, 0.3) is 0 Å². The molecule has 31 heavy (non-hydrogen) atoms. The van der Waals surface area contributed by atoms with E-state index in [1.54, 1.807) is 0 Å². The molecule has 8 atom stereocenters. The van der Waals surface area contributed by atoms with E-state index in [1.807, 2.05) is 5.57 Å². The summed E-state index contributed by atoms with van der Waals surface area (Å²) in [6, 6.07) is 0. The third-order valence-corrected chi connectivity index (χ3v) is 13.3. The zero-order chi connectivity index (χ0) is 22.7. The molecule has 0 aliphatic heterocycles. The van der Waals surface area contributed by atoms with Gasteiger partial charge in [-0.25, -0.2) is 0 Å². The lowest BCUT2D eigenvalue weighted by Crippen LogP contribution is -2.62. The van der Waals surface area contributed by atoms with Gasteiger partial charge in [-0.05, 0) is 120 Å². The van der Waals surface area contributed by atoms with Gasteiger partial charge in [-0.15, -0.1) is 0 Å². The molecule has 4 saturated carbocycles. The molecule has 5 aliphatic rings. The Morgan fingerprint density at radius 2 is 1.29 bits per heavy atom. The van der Waals surface area contributed by atoms with Gasteiger partial charge in [0.1, 0.15) is 0 Å². The molecule has 4 fully saturated rings. The molecule has 0 aromatic carbocycles. The van der Waals surface area contributed by atoms with Crippen LogP contribution in [0.5, 0.6) is 0 Å². The highest BCUT2D eigenvalue weighted by Gasteiger charge is 2.66. The molecule has 0 aromatic heterocycles. The second kappa shape index (κ2) is 6.44. The molecule has 0 heteroatoms. The third-order valence-electron chi connectivity index (χ3n) is 13.3. The summed E-state index contributed by atoms with van der Waals surface area (Å²) in [6.45, 7) is 23.7. The van der Waals surface area contributed by atoms with Gasteiger partial charge in [-0.1, -0.05) is 74.0 Å². The van der Waals surface area contributed by atoms with Gasteiger partial charge in [-0.3, -0.25) is 0 Å². The van der Waals surface area contributed by atoms with Crippen molar-refractivity contribution >= 4 is 0 Å². The second-order valence-corrected chi connectivity index (χ2v) is 15.7. The lowest BCUT2D eigenvalue weighted by Gasteiger charge is -2.70. The maximum atomic E-state index is 2.83. The Morgan fingerprint density at radius 3 is 1.97 bits per heavy atom. The average Bonchev–Trinajstić information content (AvgIpc) is 2.66. The van der Waals surface area contributed by atoms with Crippen LogP contribution in [-0.2, 0) is 0 Å². The van der Waals surface area contributed by atoms with E-state index in [4.69, 9.17) is 0 Å². The minimum atomic E-state index is 0.441. The molecule has 0 aromatic rings. The molecule has 5 rings (SSSR count).